The normalized spacial score (nSPS) is 11.8. The predicted molar refractivity (Wildman–Crippen MR) is 119 cm³/mol. The van der Waals surface area contributed by atoms with Crippen LogP contribution in [0.25, 0.3) is 16.6 Å². The minimum atomic E-state index is -0.864. The molecule has 4 aromatic rings. The van der Waals surface area contributed by atoms with Crippen molar-refractivity contribution in [3.8, 4) is 5.69 Å². The molecule has 0 aliphatic rings. The minimum Gasteiger partial charge on any atom is -0.384 e. The molecule has 10 heteroatoms. The van der Waals surface area contributed by atoms with Crippen molar-refractivity contribution < 1.29 is 0 Å². The number of aromatic nitrogens is 4. The Morgan fingerprint density at radius 3 is 2.65 bits per heavy atom. The summed E-state index contributed by atoms with van der Waals surface area (Å²) in [5, 5.41) is 7.77. The SMILES string of the molecule is CNc1cncnc1N(N)C(CN=O)c1nc2ccccc2c(=O)n1-c1ccccc1. The van der Waals surface area contributed by atoms with Gasteiger partial charge in [-0.15, -0.1) is 0 Å². The molecule has 10 nitrogen and oxygen atoms in total. The lowest BCUT2D eigenvalue weighted by Gasteiger charge is -2.29. The third-order valence-electron chi connectivity index (χ3n) is 4.90. The van der Waals surface area contributed by atoms with E-state index in [0.717, 1.165) is 0 Å². The third-order valence-corrected chi connectivity index (χ3v) is 4.90. The highest BCUT2D eigenvalue weighted by Crippen LogP contribution is 2.28. The first-order chi connectivity index (χ1) is 15.2. The molecule has 0 radical (unpaired) electrons. The Kier molecular flexibility index (Phi) is 5.63. The summed E-state index contributed by atoms with van der Waals surface area (Å²) in [6.07, 6.45) is 2.91. The van der Waals surface area contributed by atoms with Gasteiger partial charge in [-0.1, -0.05) is 35.5 Å². The summed E-state index contributed by atoms with van der Waals surface area (Å²) in [6.45, 7) is -0.249. The fourth-order valence-corrected chi connectivity index (χ4v) is 3.42. The van der Waals surface area contributed by atoms with Crippen LogP contribution in [0.3, 0.4) is 0 Å². The molecule has 0 amide bonds. The maximum Gasteiger partial charge on any atom is 0.266 e. The Bertz CT molecular complexity index is 1280. The number of nitrogens with one attached hydrogen (secondary N) is 1. The Labute approximate surface area is 177 Å². The molecule has 4 rings (SSSR count). The number of rotatable bonds is 7. The van der Waals surface area contributed by atoms with E-state index >= 15 is 0 Å². The van der Waals surface area contributed by atoms with Gasteiger partial charge in [0.05, 0.1) is 28.5 Å². The molecule has 3 N–H and O–H groups in total. The number of nitrogens with two attached hydrogens (primary N) is 1. The highest BCUT2D eigenvalue weighted by atomic mass is 16.3. The maximum atomic E-state index is 13.5. The molecule has 31 heavy (non-hydrogen) atoms. The van der Waals surface area contributed by atoms with Crippen molar-refractivity contribution >= 4 is 22.4 Å². The van der Waals surface area contributed by atoms with Crippen molar-refractivity contribution in [2.45, 2.75) is 6.04 Å². The van der Waals surface area contributed by atoms with Gasteiger partial charge < -0.3 is 5.32 Å². The van der Waals surface area contributed by atoms with Gasteiger partial charge in [0.15, 0.2) is 5.82 Å². The van der Waals surface area contributed by atoms with E-state index in [1.807, 2.05) is 18.2 Å². The molecule has 2 aromatic carbocycles. The highest BCUT2D eigenvalue weighted by Gasteiger charge is 2.28. The van der Waals surface area contributed by atoms with Crippen molar-refractivity contribution in [2.75, 3.05) is 23.9 Å². The second kappa shape index (κ2) is 8.67. The molecule has 0 aliphatic heterocycles. The van der Waals surface area contributed by atoms with Crippen LogP contribution >= 0.6 is 0 Å². The highest BCUT2D eigenvalue weighted by molar-refractivity contribution is 5.78. The van der Waals surface area contributed by atoms with Crippen LogP contribution in [0, 0.1) is 4.91 Å². The molecule has 0 saturated heterocycles. The van der Waals surface area contributed by atoms with Crippen molar-refractivity contribution in [3.63, 3.8) is 0 Å². The third kappa shape index (κ3) is 3.71. The van der Waals surface area contributed by atoms with Crippen LogP contribution in [0.2, 0.25) is 0 Å². The van der Waals surface area contributed by atoms with Gasteiger partial charge in [-0.05, 0) is 24.3 Å². The van der Waals surface area contributed by atoms with E-state index < -0.39 is 6.04 Å². The zero-order valence-corrected chi connectivity index (χ0v) is 16.7. The van der Waals surface area contributed by atoms with Crippen LogP contribution in [-0.2, 0) is 0 Å². The minimum absolute atomic E-state index is 0.249. The zero-order chi connectivity index (χ0) is 21.8. The van der Waals surface area contributed by atoms with Crippen LogP contribution in [0.4, 0.5) is 11.5 Å². The number of benzene rings is 2. The summed E-state index contributed by atoms with van der Waals surface area (Å²) in [5.74, 6) is 7.04. The topological polar surface area (TPSA) is 131 Å². The first-order valence-corrected chi connectivity index (χ1v) is 9.53. The van der Waals surface area contributed by atoms with Gasteiger partial charge in [-0.2, -0.15) is 4.91 Å². The smallest absolute Gasteiger partial charge is 0.266 e. The molecule has 0 aliphatic carbocycles. The van der Waals surface area contributed by atoms with E-state index in [9.17, 15) is 9.70 Å². The van der Waals surface area contributed by atoms with Gasteiger partial charge in [-0.3, -0.25) is 14.4 Å². The fraction of sp³-hybridized carbons (Fsp3) is 0.143. The number of para-hydroxylation sites is 2. The monoisotopic (exact) mass is 416 g/mol. The van der Waals surface area contributed by atoms with Gasteiger partial charge in [-0.25, -0.2) is 20.8 Å². The number of anilines is 2. The van der Waals surface area contributed by atoms with E-state index in [0.29, 0.717) is 28.1 Å². The number of fused-ring (bicyclic) bond motifs is 1. The van der Waals surface area contributed by atoms with Crippen molar-refractivity contribution in [2.24, 2.45) is 11.0 Å². The van der Waals surface area contributed by atoms with E-state index in [1.165, 1.54) is 15.9 Å². The van der Waals surface area contributed by atoms with Crippen molar-refractivity contribution in [1.29, 1.82) is 0 Å². The molecular weight excluding hydrogens is 396 g/mol. The summed E-state index contributed by atoms with van der Waals surface area (Å²) in [5.41, 5.74) is 1.38. The van der Waals surface area contributed by atoms with E-state index in [-0.39, 0.29) is 17.9 Å². The number of nitroso groups, excluding NO2 is 1. The molecule has 0 spiro atoms. The summed E-state index contributed by atoms with van der Waals surface area (Å²) < 4.78 is 1.46. The molecule has 2 heterocycles. The van der Waals surface area contributed by atoms with E-state index in [2.05, 4.69) is 20.5 Å². The number of hydrazine groups is 1. The number of hydrogen-bond acceptors (Lipinski definition) is 9. The van der Waals surface area contributed by atoms with Crippen LogP contribution < -0.4 is 21.7 Å². The van der Waals surface area contributed by atoms with E-state index in [4.69, 9.17) is 10.8 Å². The number of hydrogen-bond donors (Lipinski definition) is 2. The summed E-state index contributed by atoms with van der Waals surface area (Å²) in [6, 6.07) is 15.2. The van der Waals surface area contributed by atoms with E-state index in [1.54, 1.807) is 49.6 Å². The lowest BCUT2D eigenvalue weighted by atomic mass is 10.1. The van der Waals surface area contributed by atoms with Crippen LogP contribution in [0.15, 0.2) is 77.1 Å². The Morgan fingerprint density at radius 1 is 1.16 bits per heavy atom. The van der Waals surface area contributed by atoms with Crippen LogP contribution in [0.1, 0.15) is 11.9 Å². The summed E-state index contributed by atoms with van der Waals surface area (Å²) in [4.78, 5) is 37.8. The summed E-state index contributed by atoms with van der Waals surface area (Å²) in [7, 11) is 1.71. The molecule has 1 unspecified atom stereocenters. The van der Waals surface area contributed by atoms with Crippen LogP contribution in [0.5, 0.6) is 0 Å². The maximum absolute atomic E-state index is 13.5. The van der Waals surface area contributed by atoms with Gasteiger partial charge >= 0.3 is 0 Å². The second-order valence-corrected chi connectivity index (χ2v) is 6.71. The Balaban J connectivity index is 1.99. The lowest BCUT2D eigenvalue weighted by Crippen LogP contribution is -2.41. The first kappa shape index (κ1) is 20.1. The summed E-state index contributed by atoms with van der Waals surface area (Å²) >= 11 is 0. The lowest BCUT2D eigenvalue weighted by molar-refractivity contribution is 0.584. The molecule has 1 atom stereocenters. The van der Waals surface area contributed by atoms with Crippen molar-refractivity contribution in [3.05, 3.63) is 88.2 Å². The molecular formula is C21H20N8O2. The predicted octanol–water partition coefficient (Wildman–Crippen LogP) is 2.41. The zero-order valence-electron chi connectivity index (χ0n) is 16.7. The molecule has 0 fully saturated rings. The molecule has 2 aromatic heterocycles. The molecule has 0 saturated carbocycles. The first-order valence-electron chi connectivity index (χ1n) is 9.53. The van der Waals surface area contributed by atoms with Crippen molar-refractivity contribution in [1.82, 2.24) is 19.5 Å². The average molecular weight is 416 g/mol. The largest absolute Gasteiger partial charge is 0.384 e. The second-order valence-electron chi connectivity index (χ2n) is 6.71. The molecule has 0 bridgehead atoms. The average Bonchev–Trinajstić information content (AvgIpc) is 2.82. The van der Waals surface area contributed by atoms with Gasteiger partial charge in [0.2, 0.25) is 0 Å². The fourth-order valence-electron chi connectivity index (χ4n) is 3.42. The van der Waals surface area contributed by atoms with Gasteiger partial charge in [0.25, 0.3) is 5.56 Å². The number of nitrogens with zero attached hydrogens (tertiary/aromatic N) is 6. The van der Waals surface area contributed by atoms with Gasteiger partial charge in [0.1, 0.15) is 24.7 Å². The quantitative estimate of drug-likeness (QED) is 0.267. The van der Waals surface area contributed by atoms with Gasteiger partial charge in [0, 0.05) is 7.05 Å². The Morgan fingerprint density at radius 2 is 1.90 bits per heavy atom. The standard InChI is InChI=1S/C21H20N8O2/c1-23-17-11-24-13-25-19(17)29(22)18(12-26-31)20-27-16-10-6-5-9-15(16)21(30)28(20)14-7-3-2-4-8-14/h2-11,13,18,23H,12,22H2,1H3. The Hall–Kier alpha value is -4.18. The van der Waals surface area contributed by atoms with Crippen LogP contribution in [-0.4, -0.2) is 33.1 Å². The molecule has 156 valence electrons.